The summed E-state index contributed by atoms with van der Waals surface area (Å²) in [6, 6.07) is 0. The zero-order valence-corrected chi connectivity index (χ0v) is 5.97. The molecule has 0 aromatic heterocycles. The zero-order chi connectivity index (χ0) is 7.56. The van der Waals surface area contributed by atoms with Crippen molar-refractivity contribution in [1.29, 1.82) is 0 Å². The molecule has 0 aliphatic carbocycles. The molecule has 0 unspecified atom stereocenters. The fourth-order valence-electron chi connectivity index (χ4n) is 1.13. The van der Waals surface area contributed by atoms with Crippen LogP contribution in [-0.4, -0.2) is 19.3 Å². The molecule has 0 spiro atoms. The van der Waals surface area contributed by atoms with Crippen molar-refractivity contribution in [2.45, 2.75) is 13.3 Å². The van der Waals surface area contributed by atoms with Crippen molar-refractivity contribution in [2.24, 2.45) is 11.8 Å². The van der Waals surface area contributed by atoms with E-state index in [0.29, 0.717) is 13.0 Å². The first-order valence-corrected chi connectivity index (χ1v) is 3.48. The number of esters is 1. The van der Waals surface area contributed by atoms with Crippen molar-refractivity contribution in [1.82, 2.24) is 0 Å². The summed E-state index contributed by atoms with van der Waals surface area (Å²) in [5.41, 5.74) is 0. The molecule has 0 bridgehead atoms. The van der Waals surface area contributed by atoms with Crippen molar-refractivity contribution in [3.63, 3.8) is 0 Å². The SMILES string of the molecule is C[C@@H]1C(=O)OC[C@H]1CCF. The van der Waals surface area contributed by atoms with E-state index < -0.39 is 0 Å². The molecule has 1 rings (SSSR count). The second-order valence-electron chi connectivity index (χ2n) is 2.66. The first-order valence-electron chi connectivity index (χ1n) is 3.48. The first kappa shape index (κ1) is 7.51. The molecule has 1 heterocycles. The van der Waals surface area contributed by atoms with Gasteiger partial charge in [0.05, 0.1) is 19.2 Å². The summed E-state index contributed by atoms with van der Waals surface area (Å²) in [6.45, 7) is 1.84. The predicted octanol–water partition coefficient (Wildman–Crippen LogP) is 1.16. The van der Waals surface area contributed by atoms with Crippen molar-refractivity contribution >= 4 is 5.97 Å². The van der Waals surface area contributed by atoms with E-state index in [4.69, 9.17) is 4.74 Å². The fraction of sp³-hybridized carbons (Fsp3) is 0.857. The molecule has 0 saturated carbocycles. The minimum atomic E-state index is -0.356. The van der Waals surface area contributed by atoms with Crippen molar-refractivity contribution in [2.75, 3.05) is 13.3 Å². The Bertz CT molecular complexity index is 136. The Labute approximate surface area is 59.4 Å². The molecular formula is C7H11FO2. The van der Waals surface area contributed by atoms with E-state index in [-0.39, 0.29) is 24.5 Å². The lowest BCUT2D eigenvalue weighted by Crippen LogP contribution is -2.12. The maximum Gasteiger partial charge on any atom is 0.309 e. The highest BCUT2D eigenvalue weighted by Crippen LogP contribution is 2.24. The van der Waals surface area contributed by atoms with E-state index in [1.807, 2.05) is 0 Å². The Morgan fingerprint density at radius 3 is 2.90 bits per heavy atom. The smallest absolute Gasteiger partial charge is 0.309 e. The molecule has 1 saturated heterocycles. The number of cyclic esters (lactones) is 1. The summed E-state index contributed by atoms with van der Waals surface area (Å²) in [5, 5.41) is 0. The summed E-state index contributed by atoms with van der Waals surface area (Å²) >= 11 is 0. The van der Waals surface area contributed by atoms with Crippen molar-refractivity contribution in [3.05, 3.63) is 0 Å². The van der Waals surface area contributed by atoms with Crippen LogP contribution in [0.25, 0.3) is 0 Å². The molecule has 3 heteroatoms. The molecule has 1 fully saturated rings. The van der Waals surface area contributed by atoms with Gasteiger partial charge >= 0.3 is 5.97 Å². The highest BCUT2D eigenvalue weighted by molar-refractivity contribution is 5.74. The molecule has 0 N–H and O–H groups in total. The monoisotopic (exact) mass is 146 g/mol. The topological polar surface area (TPSA) is 26.3 Å². The van der Waals surface area contributed by atoms with Crippen molar-refractivity contribution in [3.8, 4) is 0 Å². The van der Waals surface area contributed by atoms with Gasteiger partial charge in [0, 0.05) is 5.92 Å². The molecule has 2 atom stereocenters. The van der Waals surface area contributed by atoms with Crippen LogP contribution in [0.3, 0.4) is 0 Å². The van der Waals surface area contributed by atoms with Crippen LogP contribution in [0.15, 0.2) is 0 Å². The molecule has 0 aromatic rings. The van der Waals surface area contributed by atoms with Crippen LogP contribution < -0.4 is 0 Å². The highest BCUT2D eigenvalue weighted by Gasteiger charge is 2.32. The van der Waals surface area contributed by atoms with Crippen LogP contribution in [0.4, 0.5) is 4.39 Å². The lowest BCUT2D eigenvalue weighted by atomic mass is 9.95. The van der Waals surface area contributed by atoms with Gasteiger partial charge in [0.25, 0.3) is 0 Å². The van der Waals surface area contributed by atoms with Gasteiger partial charge in [-0.25, -0.2) is 0 Å². The summed E-state index contributed by atoms with van der Waals surface area (Å²) in [7, 11) is 0. The second-order valence-corrected chi connectivity index (χ2v) is 2.66. The van der Waals surface area contributed by atoms with Gasteiger partial charge in [0.2, 0.25) is 0 Å². The lowest BCUT2D eigenvalue weighted by molar-refractivity contribution is -0.140. The fourth-order valence-corrected chi connectivity index (χ4v) is 1.13. The highest BCUT2D eigenvalue weighted by atomic mass is 19.1. The summed E-state index contributed by atoms with van der Waals surface area (Å²) in [4.78, 5) is 10.7. The van der Waals surface area contributed by atoms with E-state index in [0.717, 1.165) is 0 Å². The maximum absolute atomic E-state index is 11.8. The average Bonchev–Trinajstić information content (AvgIpc) is 2.20. The van der Waals surface area contributed by atoms with Gasteiger partial charge in [0.15, 0.2) is 0 Å². The Hall–Kier alpha value is -0.600. The molecule has 1 aliphatic rings. The van der Waals surface area contributed by atoms with E-state index >= 15 is 0 Å². The van der Waals surface area contributed by atoms with Gasteiger partial charge in [-0.3, -0.25) is 9.18 Å². The van der Waals surface area contributed by atoms with Gasteiger partial charge in [-0.2, -0.15) is 0 Å². The Balaban J connectivity index is 2.41. The third-order valence-corrected chi connectivity index (χ3v) is 2.00. The summed E-state index contributed by atoms with van der Waals surface area (Å²) < 4.78 is 16.5. The largest absolute Gasteiger partial charge is 0.465 e. The van der Waals surface area contributed by atoms with Crippen LogP contribution in [0.5, 0.6) is 0 Å². The van der Waals surface area contributed by atoms with Gasteiger partial charge < -0.3 is 4.74 Å². The van der Waals surface area contributed by atoms with E-state index in [9.17, 15) is 9.18 Å². The minimum absolute atomic E-state index is 0.101. The van der Waals surface area contributed by atoms with Crippen LogP contribution in [0.1, 0.15) is 13.3 Å². The Morgan fingerprint density at radius 1 is 1.80 bits per heavy atom. The minimum Gasteiger partial charge on any atom is -0.465 e. The van der Waals surface area contributed by atoms with E-state index in [1.165, 1.54) is 0 Å². The zero-order valence-electron chi connectivity index (χ0n) is 5.97. The lowest BCUT2D eigenvalue weighted by Gasteiger charge is -2.05. The second kappa shape index (κ2) is 2.99. The molecule has 58 valence electrons. The van der Waals surface area contributed by atoms with Crippen LogP contribution in [0, 0.1) is 11.8 Å². The van der Waals surface area contributed by atoms with Crippen LogP contribution in [-0.2, 0) is 9.53 Å². The third kappa shape index (κ3) is 1.28. The van der Waals surface area contributed by atoms with Crippen LogP contribution >= 0.6 is 0 Å². The van der Waals surface area contributed by atoms with Gasteiger partial charge in [-0.1, -0.05) is 6.92 Å². The Morgan fingerprint density at radius 2 is 2.50 bits per heavy atom. The van der Waals surface area contributed by atoms with Gasteiger partial charge in [0.1, 0.15) is 0 Å². The number of hydrogen-bond donors (Lipinski definition) is 0. The molecule has 10 heavy (non-hydrogen) atoms. The van der Waals surface area contributed by atoms with Crippen molar-refractivity contribution < 1.29 is 13.9 Å². The number of rotatable bonds is 2. The molecular weight excluding hydrogens is 135 g/mol. The summed E-state index contributed by atoms with van der Waals surface area (Å²) in [5.74, 6) is -0.174. The first-order chi connectivity index (χ1) is 4.75. The molecule has 0 radical (unpaired) electrons. The number of ether oxygens (including phenoxy) is 1. The molecule has 0 amide bonds. The number of halogens is 1. The van der Waals surface area contributed by atoms with E-state index in [1.54, 1.807) is 6.92 Å². The summed E-state index contributed by atoms with van der Waals surface area (Å²) in [6.07, 6.45) is 0.451. The van der Waals surface area contributed by atoms with E-state index in [2.05, 4.69) is 0 Å². The maximum atomic E-state index is 11.8. The number of carbonyl (C=O) groups excluding carboxylic acids is 1. The molecule has 0 aromatic carbocycles. The standard InChI is InChI=1S/C7H11FO2/c1-5-6(2-3-8)4-10-7(5)9/h5-6H,2-4H2,1H3/t5-,6+/m0/s1. The Kier molecular flexibility index (Phi) is 2.25. The number of alkyl halides is 1. The van der Waals surface area contributed by atoms with Gasteiger partial charge in [-0.05, 0) is 6.42 Å². The average molecular weight is 146 g/mol. The number of carbonyl (C=O) groups is 1. The normalized spacial score (nSPS) is 32.4. The quantitative estimate of drug-likeness (QED) is 0.546. The molecule has 2 nitrogen and oxygen atoms in total. The number of hydrogen-bond acceptors (Lipinski definition) is 2. The molecule has 1 aliphatic heterocycles. The predicted molar refractivity (Wildman–Crippen MR) is 34.2 cm³/mol. The third-order valence-electron chi connectivity index (χ3n) is 2.00. The van der Waals surface area contributed by atoms with Gasteiger partial charge in [-0.15, -0.1) is 0 Å². The van der Waals surface area contributed by atoms with Crippen LogP contribution in [0.2, 0.25) is 0 Å².